The second kappa shape index (κ2) is 7.13. The fourth-order valence-electron chi connectivity index (χ4n) is 1.81. The molecule has 4 nitrogen and oxygen atoms in total. The Kier molecular flexibility index (Phi) is 5.82. The highest BCUT2D eigenvalue weighted by Crippen LogP contribution is 2.09. The van der Waals surface area contributed by atoms with E-state index in [0.29, 0.717) is 6.54 Å². The lowest BCUT2D eigenvalue weighted by Gasteiger charge is -2.28. The van der Waals surface area contributed by atoms with Gasteiger partial charge in [0.25, 0.3) is 0 Å². The van der Waals surface area contributed by atoms with Crippen LogP contribution in [0.3, 0.4) is 0 Å². The predicted molar refractivity (Wildman–Crippen MR) is 70.2 cm³/mol. The van der Waals surface area contributed by atoms with Gasteiger partial charge in [0.2, 0.25) is 0 Å². The highest BCUT2D eigenvalue weighted by atomic mass is 16.4. The SMILES string of the molecule is CC(C)N(Cc1ccccc1)CC(O)CC(=O)O. The van der Waals surface area contributed by atoms with Crippen LogP contribution in [0.15, 0.2) is 30.3 Å². The number of hydrogen-bond donors (Lipinski definition) is 2. The molecule has 1 aromatic carbocycles. The minimum absolute atomic E-state index is 0.210. The molecule has 2 N–H and O–H groups in total. The molecule has 4 heteroatoms. The Hall–Kier alpha value is -1.39. The summed E-state index contributed by atoms with van der Waals surface area (Å²) in [6.45, 7) is 5.17. The van der Waals surface area contributed by atoms with Gasteiger partial charge in [-0.05, 0) is 19.4 Å². The first kappa shape index (κ1) is 14.7. The summed E-state index contributed by atoms with van der Waals surface area (Å²) in [4.78, 5) is 12.6. The Morgan fingerprint density at radius 1 is 1.28 bits per heavy atom. The van der Waals surface area contributed by atoms with Crippen LogP contribution in [0.4, 0.5) is 0 Å². The average molecular weight is 251 g/mol. The summed E-state index contributed by atoms with van der Waals surface area (Å²) < 4.78 is 0. The third kappa shape index (κ3) is 5.29. The molecule has 0 spiro atoms. The maximum Gasteiger partial charge on any atom is 0.306 e. The van der Waals surface area contributed by atoms with Gasteiger partial charge in [0, 0.05) is 19.1 Å². The third-order valence-electron chi connectivity index (χ3n) is 2.81. The number of rotatable bonds is 7. The van der Waals surface area contributed by atoms with Crippen LogP contribution < -0.4 is 0 Å². The second-order valence-electron chi connectivity index (χ2n) is 4.76. The van der Waals surface area contributed by atoms with E-state index in [1.54, 1.807) is 0 Å². The molecule has 0 aliphatic carbocycles. The predicted octanol–water partition coefficient (Wildman–Crippen LogP) is 1.73. The largest absolute Gasteiger partial charge is 0.481 e. The number of aliphatic carboxylic acids is 1. The molecule has 0 aliphatic rings. The molecule has 0 bridgehead atoms. The lowest BCUT2D eigenvalue weighted by Crippen LogP contribution is -2.37. The highest BCUT2D eigenvalue weighted by molar-refractivity contribution is 5.67. The van der Waals surface area contributed by atoms with Crippen LogP contribution in [0.25, 0.3) is 0 Å². The summed E-state index contributed by atoms with van der Waals surface area (Å²) in [7, 11) is 0. The van der Waals surface area contributed by atoms with Crippen molar-refractivity contribution >= 4 is 5.97 Å². The van der Waals surface area contributed by atoms with Crippen molar-refractivity contribution < 1.29 is 15.0 Å². The highest BCUT2D eigenvalue weighted by Gasteiger charge is 2.17. The normalized spacial score (nSPS) is 12.9. The quantitative estimate of drug-likeness (QED) is 0.775. The first-order valence-corrected chi connectivity index (χ1v) is 6.17. The van der Waals surface area contributed by atoms with Gasteiger partial charge in [-0.2, -0.15) is 0 Å². The van der Waals surface area contributed by atoms with E-state index in [0.717, 1.165) is 12.1 Å². The van der Waals surface area contributed by atoms with E-state index < -0.39 is 12.1 Å². The van der Waals surface area contributed by atoms with E-state index in [4.69, 9.17) is 5.11 Å². The summed E-state index contributed by atoms with van der Waals surface area (Å²) in [6, 6.07) is 10.2. The molecular formula is C14H21NO3. The van der Waals surface area contributed by atoms with Crippen molar-refractivity contribution in [1.82, 2.24) is 4.90 Å². The second-order valence-corrected chi connectivity index (χ2v) is 4.76. The molecule has 1 rings (SSSR count). The topological polar surface area (TPSA) is 60.8 Å². The zero-order valence-corrected chi connectivity index (χ0v) is 10.9. The van der Waals surface area contributed by atoms with E-state index in [-0.39, 0.29) is 12.5 Å². The van der Waals surface area contributed by atoms with Crippen LogP contribution in [0.2, 0.25) is 0 Å². The number of aliphatic hydroxyl groups excluding tert-OH is 1. The van der Waals surface area contributed by atoms with Gasteiger partial charge in [0.1, 0.15) is 0 Å². The fourth-order valence-corrected chi connectivity index (χ4v) is 1.81. The summed E-state index contributed by atoms with van der Waals surface area (Å²) in [6.07, 6.45) is -1.04. The first-order valence-electron chi connectivity index (χ1n) is 6.17. The van der Waals surface area contributed by atoms with Crippen LogP contribution in [-0.4, -0.2) is 39.8 Å². The number of carboxylic acid groups (broad SMARTS) is 1. The first-order chi connectivity index (χ1) is 8.49. The Labute approximate surface area is 108 Å². The Bertz CT molecular complexity index is 365. The molecule has 1 unspecified atom stereocenters. The standard InChI is InChI=1S/C14H21NO3/c1-11(2)15(10-13(16)8-14(17)18)9-12-6-4-3-5-7-12/h3-7,11,13,16H,8-10H2,1-2H3,(H,17,18). The van der Waals surface area contributed by atoms with Gasteiger partial charge in [0.05, 0.1) is 12.5 Å². The Balaban J connectivity index is 2.58. The maximum absolute atomic E-state index is 10.5. The Morgan fingerprint density at radius 3 is 2.39 bits per heavy atom. The van der Waals surface area contributed by atoms with Crippen molar-refractivity contribution in [3.05, 3.63) is 35.9 Å². The smallest absolute Gasteiger partial charge is 0.306 e. The molecule has 0 aromatic heterocycles. The van der Waals surface area contributed by atoms with E-state index in [9.17, 15) is 9.90 Å². The van der Waals surface area contributed by atoms with Crippen LogP contribution in [-0.2, 0) is 11.3 Å². The number of nitrogens with zero attached hydrogens (tertiary/aromatic N) is 1. The van der Waals surface area contributed by atoms with Crippen molar-refractivity contribution in [3.8, 4) is 0 Å². The fraction of sp³-hybridized carbons (Fsp3) is 0.500. The van der Waals surface area contributed by atoms with E-state index >= 15 is 0 Å². The van der Waals surface area contributed by atoms with Crippen LogP contribution in [0.1, 0.15) is 25.8 Å². The lowest BCUT2D eigenvalue weighted by atomic mass is 10.1. The molecule has 18 heavy (non-hydrogen) atoms. The van der Waals surface area contributed by atoms with Gasteiger partial charge in [0.15, 0.2) is 0 Å². The Morgan fingerprint density at radius 2 is 1.89 bits per heavy atom. The molecule has 0 saturated heterocycles. The molecule has 1 atom stereocenters. The maximum atomic E-state index is 10.5. The third-order valence-corrected chi connectivity index (χ3v) is 2.81. The monoisotopic (exact) mass is 251 g/mol. The summed E-state index contributed by atoms with van der Waals surface area (Å²) in [5, 5.41) is 18.3. The molecule has 0 aliphatic heterocycles. The van der Waals surface area contributed by atoms with E-state index in [1.165, 1.54) is 0 Å². The molecular weight excluding hydrogens is 230 g/mol. The number of aliphatic hydroxyl groups is 1. The molecule has 0 fully saturated rings. The van der Waals surface area contributed by atoms with Gasteiger partial charge in [-0.3, -0.25) is 9.69 Å². The minimum atomic E-state index is -0.967. The van der Waals surface area contributed by atoms with Gasteiger partial charge in [-0.15, -0.1) is 0 Å². The molecule has 0 heterocycles. The van der Waals surface area contributed by atoms with Crippen LogP contribution in [0.5, 0.6) is 0 Å². The van der Waals surface area contributed by atoms with Crippen LogP contribution in [0, 0.1) is 0 Å². The number of carboxylic acids is 1. The molecule has 1 aromatic rings. The summed E-state index contributed by atoms with van der Waals surface area (Å²) in [5.74, 6) is -0.967. The van der Waals surface area contributed by atoms with Gasteiger partial charge < -0.3 is 10.2 Å². The van der Waals surface area contributed by atoms with Crippen molar-refractivity contribution in [1.29, 1.82) is 0 Å². The van der Waals surface area contributed by atoms with Gasteiger partial charge in [-0.1, -0.05) is 30.3 Å². The summed E-state index contributed by atoms with van der Waals surface area (Å²) in [5.41, 5.74) is 1.16. The van der Waals surface area contributed by atoms with Crippen LogP contribution >= 0.6 is 0 Å². The lowest BCUT2D eigenvalue weighted by molar-refractivity contribution is -0.139. The van der Waals surface area contributed by atoms with Crippen molar-refractivity contribution in [2.75, 3.05) is 6.54 Å². The average Bonchev–Trinajstić information content (AvgIpc) is 2.28. The molecule has 100 valence electrons. The minimum Gasteiger partial charge on any atom is -0.481 e. The van der Waals surface area contributed by atoms with Gasteiger partial charge >= 0.3 is 5.97 Å². The summed E-state index contributed by atoms with van der Waals surface area (Å²) >= 11 is 0. The van der Waals surface area contributed by atoms with E-state index in [1.807, 2.05) is 44.2 Å². The number of benzene rings is 1. The van der Waals surface area contributed by atoms with E-state index in [2.05, 4.69) is 4.90 Å². The molecule has 0 radical (unpaired) electrons. The number of hydrogen-bond acceptors (Lipinski definition) is 3. The van der Waals surface area contributed by atoms with Crippen molar-refractivity contribution in [3.63, 3.8) is 0 Å². The number of carbonyl (C=O) groups is 1. The van der Waals surface area contributed by atoms with Crippen molar-refractivity contribution in [2.45, 2.75) is 39.0 Å². The van der Waals surface area contributed by atoms with Gasteiger partial charge in [-0.25, -0.2) is 0 Å². The zero-order chi connectivity index (χ0) is 13.5. The van der Waals surface area contributed by atoms with Crippen molar-refractivity contribution in [2.24, 2.45) is 0 Å². The molecule has 0 saturated carbocycles. The zero-order valence-electron chi connectivity index (χ0n) is 10.9. The molecule has 0 amide bonds.